The Balaban J connectivity index is 1.75. The van der Waals surface area contributed by atoms with Gasteiger partial charge in [0.25, 0.3) is 0 Å². The number of aliphatic hydroxyl groups excluding tert-OH is 1. The van der Waals surface area contributed by atoms with Crippen LogP contribution in [0.15, 0.2) is 45.3 Å². The molecule has 1 fully saturated rings. The number of halogens is 2. The van der Waals surface area contributed by atoms with Crippen LogP contribution in [0, 0.1) is 0 Å². The third-order valence-electron chi connectivity index (χ3n) is 4.85. The highest BCUT2D eigenvalue weighted by Crippen LogP contribution is 2.33. The van der Waals surface area contributed by atoms with Gasteiger partial charge in [-0.2, -0.15) is 0 Å². The maximum atomic E-state index is 10.6. The van der Waals surface area contributed by atoms with E-state index in [9.17, 15) is 5.11 Å². The SMILES string of the molecule is OC(CN1CCCC1)Cn1c2ccc(Br)cc2c2cc(Br)ccc21. The number of β-amino-alcohol motifs (C(OH)–C–C–N with tert-alkyl or cyclic N) is 1. The Kier molecular flexibility index (Phi) is 4.69. The van der Waals surface area contributed by atoms with E-state index in [4.69, 9.17) is 0 Å². The molecule has 0 aliphatic carbocycles. The van der Waals surface area contributed by atoms with Gasteiger partial charge in [0.1, 0.15) is 0 Å². The quantitative estimate of drug-likeness (QED) is 0.618. The first-order valence-corrected chi connectivity index (χ1v) is 9.98. The fourth-order valence-corrected chi connectivity index (χ4v) is 4.50. The second-order valence-electron chi connectivity index (χ2n) is 6.60. The van der Waals surface area contributed by atoms with E-state index in [0.29, 0.717) is 6.54 Å². The fraction of sp³-hybridized carbons (Fsp3) is 0.368. The molecule has 1 aliphatic rings. The van der Waals surface area contributed by atoms with Crippen molar-refractivity contribution in [1.82, 2.24) is 9.47 Å². The zero-order valence-corrected chi connectivity index (χ0v) is 16.6. The summed E-state index contributed by atoms with van der Waals surface area (Å²) >= 11 is 7.16. The minimum absolute atomic E-state index is 0.353. The van der Waals surface area contributed by atoms with Gasteiger partial charge in [-0.15, -0.1) is 0 Å². The van der Waals surface area contributed by atoms with E-state index in [1.807, 2.05) is 0 Å². The number of aliphatic hydroxyl groups is 1. The first-order chi connectivity index (χ1) is 11.6. The second kappa shape index (κ2) is 6.79. The molecule has 0 radical (unpaired) electrons. The lowest BCUT2D eigenvalue weighted by Gasteiger charge is -2.20. The van der Waals surface area contributed by atoms with Crippen LogP contribution in [-0.4, -0.2) is 40.3 Å². The van der Waals surface area contributed by atoms with Crippen molar-refractivity contribution in [1.29, 1.82) is 0 Å². The Hall–Kier alpha value is -0.880. The number of aromatic nitrogens is 1. The Labute approximate surface area is 158 Å². The summed E-state index contributed by atoms with van der Waals surface area (Å²) in [5.74, 6) is 0. The molecular weight excluding hydrogens is 432 g/mol. The fourth-order valence-electron chi connectivity index (χ4n) is 3.78. The predicted octanol–water partition coefficient (Wildman–Crippen LogP) is 4.78. The van der Waals surface area contributed by atoms with Crippen LogP contribution >= 0.6 is 31.9 Å². The number of rotatable bonds is 4. The van der Waals surface area contributed by atoms with Gasteiger partial charge in [-0.05, 0) is 62.3 Å². The first kappa shape index (κ1) is 16.6. The highest BCUT2D eigenvalue weighted by Gasteiger charge is 2.18. The van der Waals surface area contributed by atoms with Crippen LogP contribution in [0.1, 0.15) is 12.8 Å². The summed E-state index contributed by atoms with van der Waals surface area (Å²) < 4.78 is 4.41. The van der Waals surface area contributed by atoms with Gasteiger partial charge < -0.3 is 14.6 Å². The standard InChI is InChI=1S/C19H20Br2N2O/c20-13-3-5-18-16(9-13)17-10-14(21)4-6-19(17)23(18)12-15(24)11-22-7-1-2-8-22/h3-6,9-10,15,24H,1-2,7-8,11-12H2. The van der Waals surface area contributed by atoms with Crippen LogP contribution in [-0.2, 0) is 6.54 Å². The van der Waals surface area contributed by atoms with Gasteiger partial charge in [-0.3, -0.25) is 0 Å². The molecule has 0 amide bonds. The van der Waals surface area contributed by atoms with E-state index in [2.05, 4.69) is 77.7 Å². The Morgan fingerprint density at radius 3 is 1.96 bits per heavy atom. The molecule has 4 rings (SSSR count). The summed E-state index contributed by atoms with van der Waals surface area (Å²) in [5.41, 5.74) is 2.35. The average Bonchev–Trinajstić information content (AvgIpc) is 3.15. The van der Waals surface area contributed by atoms with Gasteiger partial charge >= 0.3 is 0 Å². The van der Waals surface area contributed by atoms with Gasteiger partial charge in [0.15, 0.2) is 0 Å². The van der Waals surface area contributed by atoms with Crippen LogP contribution in [0.3, 0.4) is 0 Å². The third kappa shape index (κ3) is 3.15. The topological polar surface area (TPSA) is 28.4 Å². The molecule has 1 aromatic heterocycles. The smallest absolute Gasteiger partial charge is 0.0845 e. The van der Waals surface area contributed by atoms with Gasteiger partial charge in [-0.1, -0.05) is 31.9 Å². The molecule has 2 heterocycles. The Bertz CT molecular complexity index is 825. The van der Waals surface area contributed by atoms with E-state index in [-0.39, 0.29) is 6.10 Å². The Morgan fingerprint density at radius 2 is 1.42 bits per heavy atom. The van der Waals surface area contributed by atoms with Crippen LogP contribution in [0.2, 0.25) is 0 Å². The zero-order chi connectivity index (χ0) is 16.7. The minimum Gasteiger partial charge on any atom is -0.390 e. The molecule has 1 aliphatic heterocycles. The van der Waals surface area contributed by atoms with Crippen molar-refractivity contribution in [2.45, 2.75) is 25.5 Å². The van der Waals surface area contributed by atoms with Crippen molar-refractivity contribution in [3.05, 3.63) is 45.3 Å². The largest absolute Gasteiger partial charge is 0.390 e. The lowest BCUT2D eigenvalue weighted by atomic mass is 10.2. The molecule has 1 saturated heterocycles. The summed E-state index contributed by atoms with van der Waals surface area (Å²) in [6.07, 6.45) is 2.16. The van der Waals surface area contributed by atoms with Crippen molar-refractivity contribution in [3.8, 4) is 0 Å². The molecule has 2 aromatic carbocycles. The lowest BCUT2D eigenvalue weighted by molar-refractivity contribution is 0.111. The predicted molar refractivity (Wildman–Crippen MR) is 107 cm³/mol. The molecule has 24 heavy (non-hydrogen) atoms. The van der Waals surface area contributed by atoms with Crippen LogP contribution in [0.4, 0.5) is 0 Å². The average molecular weight is 452 g/mol. The summed E-state index contributed by atoms with van der Waals surface area (Å²) in [4.78, 5) is 2.37. The zero-order valence-electron chi connectivity index (χ0n) is 13.4. The molecule has 126 valence electrons. The normalized spacial score (nSPS) is 17.1. The monoisotopic (exact) mass is 450 g/mol. The van der Waals surface area contributed by atoms with Crippen LogP contribution in [0.25, 0.3) is 21.8 Å². The number of nitrogens with zero attached hydrogens (tertiary/aromatic N) is 2. The maximum Gasteiger partial charge on any atom is 0.0845 e. The van der Waals surface area contributed by atoms with Crippen molar-refractivity contribution in [3.63, 3.8) is 0 Å². The number of hydrogen-bond acceptors (Lipinski definition) is 2. The van der Waals surface area contributed by atoms with Gasteiger partial charge in [0, 0.05) is 37.3 Å². The van der Waals surface area contributed by atoms with Gasteiger partial charge in [0.2, 0.25) is 0 Å². The molecule has 1 N–H and O–H groups in total. The molecule has 0 saturated carbocycles. The van der Waals surface area contributed by atoms with E-state index in [1.165, 1.54) is 34.6 Å². The highest BCUT2D eigenvalue weighted by molar-refractivity contribution is 9.10. The van der Waals surface area contributed by atoms with Crippen molar-refractivity contribution >= 4 is 53.7 Å². The first-order valence-electron chi connectivity index (χ1n) is 8.39. The highest BCUT2D eigenvalue weighted by atomic mass is 79.9. The van der Waals surface area contributed by atoms with Gasteiger partial charge in [0.05, 0.1) is 12.6 Å². The molecule has 0 spiro atoms. The van der Waals surface area contributed by atoms with E-state index >= 15 is 0 Å². The molecule has 3 aromatic rings. The van der Waals surface area contributed by atoms with Crippen molar-refractivity contribution in [2.24, 2.45) is 0 Å². The molecule has 1 atom stereocenters. The van der Waals surface area contributed by atoms with Crippen molar-refractivity contribution in [2.75, 3.05) is 19.6 Å². The van der Waals surface area contributed by atoms with E-state index in [0.717, 1.165) is 28.6 Å². The summed E-state index contributed by atoms with van der Waals surface area (Å²) in [6, 6.07) is 12.7. The van der Waals surface area contributed by atoms with Crippen LogP contribution in [0.5, 0.6) is 0 Å². The number of likely N-dealkylation sites (tertiary alicyclic amines) is 1. The third-order valence-corrected chi connectivity index (χ3v) is 5.84. The molecule has 1 unspecified atom stereocenters. The lowest BCUT2D eigenvalue weighted by Crippen LogP contribution is -2.32. The second-order valence-corrected chi connectivity index (χ2v) is 8.43. The molecule has 5 heteroatoms. The molecule has 0 bridgehead atoms. The number of hydrogen-bond donors (Lipinski definition) is 1. The molecule has 3 nitrogen and oxygen atoms in total. The van der Waals surface area contributed by atoms with E-state index in [1.54, 1.807) is 0 Å². The summed E-state index contributed by atoms with van der Waals surface area (Å²) in [6.45, 7) is 3.61. The number of fused-ring (bicyclic) bond motifs is 3. The van der Waals surface area contributed by atoms with E-state index < -0.39 is 0 Å². The number of benzene rings is 2. The van der Waals surface area contributed by atoms with Crippen molar-refractivity contribution < 1.29 is 5.11 Å². The van der Waals surface area contributed by atoms with Crippen LogP contribution < -0.4 is 0 Å². The summed E-state index contributed by atoms with van der Waals surface area (Å²) in [5, 5.41) is 13.1. The Morgan fingerprint density at radius 1 is 0.875 bits per heavy atom. The summed E-state index contributed by atoms with van der Waals surface area (Å²) in [7, 11) is 0. The molecular formula is C19H20Br2N2O. The maximum absolute atomic E-state index is 10.6. The van der Waals surface area contributed by atoms with Gasteiger partial charge in [-0.25, -0.2) is 0 Å². The minimum atomic E-state index is -0.353.